The summed E-state index contributed by atoms with van der Waals surface area (Å²) >= 11 is 2.01. The van der Waals surface area contributed by atoms with E-state index in [1.165, 1.54) is 11.5 Å². The van der Waals surface area contributed by atoms with E-state index in [1.807, 2.05) is 34.5 Å². The number of thioether (sulfide) groups is 1. The summed E-state index contributed by atoms with van der Waals surface area (Å²) in [6.07, 6.45) is 4.17. The Kier molecular flexibility index (Phi) is 2.52. The smallest absolute Gasteiger partial charge is 0.197 e. The number of nitrogens with zero attached hydrogens (tertiary/aromatic N) is 2. The number of imidazole rings is 1. The molecule has 1 aliphatic rings. The Labute approximate surface area is 98.5 Å². The van der Waals surface area contributed by atoms with Crippen LogP contribution in [-0.2, 0) is 0 Å². The molecule has 0 radical (unpaired) electrons. The summed E-state index contributed by atoms with van der Waals surface area (Å²) in [5, 5.41) is 9.89. The van der Waals surface area contributed by atoms with E-state index < -0.39 is 0 Å². The van der Waals surface area contributed by atoms with Crippen LogP contribution in [0.1, 0.15) is 24.6 Å². The molecule has 2 aromatic rings. The zero-order valence-corrected chi connectivity index (χ0v) is 9.78. The highest BCUT2D eigenvalue weighted by molar-refractivity contribution is 7.99. The molecule has 0 saturated carbocycles. The highest BCUT2D eigenvalue weighted by Gasteiger charge is 2.20. The second-order valence-corrected chi connectivity index (χ2v) is 5.37. The van der Waals surface area contributed by atoms with Crippen LogP contribution in [0.2, 0.25) is 0 Å². The Hall–Kier alpha value is -1.16. The average Bonchev–Trinajstić information content (AvgIpc) is 2.75. The molecule has 1 saturated heterocycles. The fourth-order valence-corrected chi connectivity index (χ4v) is 3.40. The first-order valence-electron chi connectivity index (χ1n) is 5.59. The van der Waals surface area contributed by atoms with Gasteiger partial charge in [-0.3, -0.25) is 4.40 Å². The largest absolute Gasteiger partial charge is 0.494 e. The van der Waals surface area contributed by atoms with Gasteiger partial charge in [0.1, 0.15) is 5.82 Å². The van der Waals surface area contributed by atoms with Crippen LogP contribution in [0.5, 0.6) is 5.88 Å². The van der Waals surface area contributed by atoms with Gasteiger partial charge in [-0.05, 0) is 36.5 Å². The molecule has 3 heterocycles. The normalized spacial score (nSPS) is 18.0. The predicted molar refractivity (Wildman–Crippen MR) is 66.2 cm³/mol. The molecule has 0 aliphatic carbocycles. The number of hydrogen-bond acceptors (Lipinski definition) is 3. The Bertz CT molecular complexity index is 503. The van der Waals surface area contributed by atoms with Crippen molar-refractivity contribution in [2.75, 3.05) is 11.5 Å². The minimum atomic E-state index is 0.295. The van der Waals surface area contributed by atoms with E-state index in [-0.39, 0.29) is 0 Å². The molecule has 0 atom stereocenters. The second kappa shape index (κ2) is 4.01. The summed E-state index contributed by atoms with van der Waals surface area (Å²) in [4.78, 5) is 4.47. The molecule has 3 nitrogen and oxygen atoms in total. The van der Waals surface area contributed by atoms with Gasteiger partial charge in [0.05, 0.1) is 11.7 Å². The standard InChI is InChI=1S/C12H14N2OS/c15-11-3-1-2-10-8-13-12(14(10)11)9-4-6-16-7-5-9/h1-3,8-9,15H,4-7H2. The van der Waals surface area contributed by atoms with E-state index in [9.17, 15) is 5.11 Å². The van der Waals surface area contributed by atoms with E-state index >= 15 is 0 Å². The maximum Gasteiger partial charge on any atom is 0.197 e. The minimum Gasteiger partial charge on any atom is -0.494 e. The van der Waals surface area contributed by atoms with Crippen molar-refractivity contribution in [2.24, 2.45) is 0 Å². The molecule has 1 fully saturated rings. The van der Waals surface area contributed by atoms with Gasteiger partial charge < -0.3 is 5.11 Å². The van der Waals surface area contributed by atoms with Crippen molar-refractivity contribution in [3.05, 3.63) is 30.2 Å². The second-order valence-electron chi connectivity index (χ2n) is 4.15. The number of aromatic nitrogens is 2. The first-order valence-corrected chi connectivity index (χ1v) is 6.75. The van der Waals surface area contributed by atoms with Crippen LogP contribution in [0.4, 0.5) is 0 Å². The summed E-state index contributed by atoms with van der Waals surface area (Å²) in [6.45, 7) is 0. The van der Waals surface area contributed by atoms with Gasteiger partial charge in [-0.2, -0.15) is 11.8 Å². The van der Waals surface area contributed by atoms with Crippen molar-refractivity contribution in [3.8, 4) is 5.88 Å². The average molecular weight is 234 g/mol. The van der Waals surface area contributed by atoms with Crippen molar-refractivity contribution in [1.29, 1.82) is 0 Å². The van der Waals surface area contributed by atoms with Crippen LogP contribution in [0.15, 0.2) is 24.4 Å². The van der Waals surface area contributed by atoms with E-state index in [0.717, 1.165) is 24.2 Å². The summed E-state index contributed by atoms with van der Waals surface area (Å²) in [5.41, 5.74) is 0.980. The molecule has 0 aromatic carbocycles. The third kappa shape index (κ3) is 1.57. The van der Waals surface area contributed by atoms with Crippen molar-refractivity contribution in [2.45, 2.75) is 18.8 Å². The first-order chi connectivity index (χ1) is 7.86. The van der Waals surface area contributed by atoms with Gasteiger partial charge in [-0.15, -0.1) is 0 Å². The lowest BCUT2D eigenvalue weighted by Crippen LogP contribution is -2.11. The Balaban J connectivity index is 2.09. The molecule has 16 heavy (non-hydrogen) atoms. The van der Waals surface area contributed by atoms with E-state index in [2.05, 4.69) is 4.98 Å². The fourth-order valence-electron chi connectivity index (χ4n) is 2.30. The van der Waals surface area contributed by atoms with Gasteiger partial charge in [-0.25, -0.2) is 4.98 Å². The lowest BCUT2D eigenvalue weighted by atomic mass is 10.0. The molecule has 0 bridgehead atoms. The SMILES string of the molecule is Oc1cccc2cnc(C3CCSCC3)n12. The van der Waals surface area contributed by atoms with Crippen molar-refractivity contribution < 1.29 is 5.11 Å². The predicted octanol–water partition coefficient (Wildman–Crippen LogP) is 2.65. The molecule has 2 aromatic heterocycles. The summed E-state index contributed by atoms with van der Waals surface area (Å²) in [7, 11) is 0. The lowest BCUT2D eigenvalue weighted by Gasteiger charge is -2.20. The molecule has 4 heteroatoms. The third-order valence-electron chi connectivity index (χ3n) is 3.14. The summed E-state index contributed by atoms with van der Waals surface area (Å²) in [5.74, 6) is 4.22. The third-order valence-corrected chi connectivity index (χ3v) is 4.19. The van der Waals surface area contributed by atoms with Crippen LogP contribution in [0, 0.1) is 0 Å². The maximum atomic E-state index is 9.89. The molecular formula is C12H14N2OS. The Morgan fingerprint density at radius 2 is 2.12 bits per heavy atom. The van der Waals surface area contributed by atoms with Crippen molar-refractivity contribution in [1.82, 2.24) is 9.38 Å². The highest BCUT2D eigenvalue weighted by atomic mass is 32.2. The number of hydrogen-bond donors (Lipinski definition) is 1. The highest BCUT2D eigenvalue weighted by Crippen LogP contribution is 2.32. The first kappa shape index (κ1) is 10.0. The molecular weight excluding hydrogens is 220 g/mol. The van der Waals surface area contributed by atoms with Gasteiger partial charge in [0.15, 0.2) is 5.88 Å². The Morgan fingerprint density at radius 3 is 2.94 bits per heavy atom. The molecule has 3 rings (SSSR count). The van der Waals surface area contributed by atoms with E-state index in [1.54, 1.807) is 6.07 Å². The Morgan fingerprint density at radius 1 is 1.31 bits per heavy atom. The van der Waals surface area contributed by atoms with Gasteiger partial charge in [0.25, 0.3) is 0 Å². The minimum absolute atomic E-state index is 0.295. The van der Waals surface area contributed by atoms with Crippen LogP contribution in [0.25, 0.3) is 5.52 Å². The van der Waals surface area contributed by atoms with Crippen molar-refractivity contribution in [3.63, 3.8) is 0 Å². The molecule has 0 amide bonds. The lowest BCUT2D eigenvalue weighted by molar-refractivity contribution is 0.437. The zero-order valence-electron chi connectivity index (χ0n) is 8.97. The quantitative estimate of drug-likeness (QED) is 0.824. The molecule has 1 N–H and O–H groups in total. The fraction of sp³-hybridized carbons (Fsp3) is 0.417. The summed E-state index contributed by atoms with van der Waals surface area (Å²) in [6, 6.07) is 5.55. The van der Waals surface area contributed by atoms with Gasteiger partial charge in [0.2, 0.25) is 0 Å². The molecule has 0 spiro atoms. The van der Waals surface area contributed by atoms with Gasteiger partial charge in [-0.1, -0.05) is 6.07 Å². The molecule has 0 unspecified atom stereocenters. The molecule has 1 aliphatic heterocycles. The monoisotopic (exact) mass is 234 g/mol. The summed E-state index contributed by atoms with van der Waals surface area (Å²) < 4.78 is 1.88. The number of rotatable bonds is 1. The van der Waals surface area contributed by atoms with Crippen LogP contribution >= 0.6 is 11.8 Å². The van der Waals surface area contributed by atoms with Gasteiger partial charge in [0, 0.05) is 5.92 Å². The number of pyridine rings is 1. The van der Waals surface area contributed by atoms with Crippen LogP contribution in [0.3, 0.4) is 0 Å². The zero-order chi connectivity index (χ0) is 11.0. The van der Waals surface area contributed by atoms with E-state index in [4.69, 9.17) is 0 Å². The molecule has 84 valence electrons. The van der Waals surface area contributed by atoms with Gasteiger partial charge >= 0.3 is 0 Å². The maximum absolute atomic E-state index is 9.89. The van der Waals surface area contributed by atoms with Crippen LogP contribution < -0.4 is 0 Å². The topological polar surface area (TPSA) is 37.5 Å². The number of fused-ring (bicyclic) bond motifs is 1. The van der Waals surface area contributed by atoms with Crippen molar-refractivity contribution >= 4 is 17.3 Å². The van der Waals surface area contributed by atoms with Crippen LogP contribution in [-0.4, -0.2) is 26.0 Å². The number of aromatic hydroxyl groups is 1. The van der Waals surface area contributed by atoms with E-state index in [0.29, 0.717) is 11.8 Å².